The first kappa shape index (κ1) is 11.6. The van der Waals surface area contributed by atoms with Crippen LogP contribution in [-0.2, 0) is 0 Å². The normalized spacial score (nSPS) is 24.1. The Kier molecular flexibility index (Phi) is 3.97. The highest BCUT2D eigenvalue weighted by atomic mass is 16.3. The van der Waals surface area contributed by atoms with Gasteiger partial charge in [0, 0.05) is 12.6 Å². The predicted octanol–water partition coefficient (Wildman–Crippen LogP) is 2.21. The molecule has 1 aromatic rings. The van der Waals surface area contributed by atoms with Crippen LogP contribution in [-0.4, -0.2) is 24.3 Å². The summed E-state index contributed by atoms with van der Waals surface area (Å²) in [5, 5.41) is 12.2. The highest BCUT2D eigenvalue weighted by Crippen LogP contribution is 2.36. The lowest BCUT2D eigenvalue weighted by molar-refractivity contribution is 0.258. The summed E-state index contributed by atoms with van der Waals surface area (Å²) in [5.74, 6) is 0.742. The molecule has 0 aliphatic heterocycles. The lowest BCUT2D eigenvalue weighted by atomic mass is 9.75. The summed E-state index contributed by atoms with van der Waals surface area (Å²) in [6.07, 6.45) is 3.36. The number of hydrogen-bond acceptors (Lipinski definition) is 2. The zero-order chi connectivity index (χ0) is 11.4. The molecule has 1 saturated carbocycles. The van der Waals surface area contributed by atoms with E-state index in [9.17, 15) is 0 Å². The van der Waals surface area contributed by atoms with E-state index in [-0.39, 0.29) is 0 Å². The molecule has 0 amide bonds. The average molecular weight is 219 g/mol. The van der Waals surface area contributed by atoms with Crippen LogP contribution in [0.15, 0.2) is 24.3 Å². The Morgan fingerprint density at radius 2 is 2.19 bits per heavy atom. The van der Waals surface area contributed by atoms with E-state index in [2.05, 4.69) is 36.5 Å². The number of nitrogens with one attached hydrogen (secondary N) is 1. The van der Waals surface area contributed by atoms with Crippen molar-refractivity contribution in [1.29, 1.82) is 0 Å². The van der Waals surface area contributed by atoms with Crippen molar-refractivity contribution in [2.24, 2.45) is 0 Å². The molecule has 0 saturated heterocycles. The van der Waals surface area contributed by atoms with Crippen LogP contribution in [0.3, 0.4) is 0 Å². The minimum atomic E-state index is 0.293. The molecule has 0 radical (unpaired) electrons. The quantitative estimate of drug-likeness (QED) is 0.744. The third-order valence-corrected chi connectivity index (χ3v) is 3.42. The van der Waals surface area contributed by atoms with Crippen LogP contribution < -0.4 is 5.32 Å². The lowest BCUT2D eigenvalue weighted by Crippen LogP contribution is -2.40. The largest absolute Gasteiger partial charge is 0.396 e. The van der Waals surface area contributed by atoms with E-state index < -0.39 is 0 Å². The monoisotopic (exact) mass is 219 g/mol. The Hall–Kier alpha value is -0.860. The van der Waals surface area contributed by atoms with Crippen molar-refractivity contribution in [3.8, 4) is 0 Å². The first-order valence-corrected chi connectivity index (χ1v) is 6.20. The van der Waals surface area contributed by atoms with Gasteiger partial charge in [0.25, 0.3) is 0 Å². The van der Waals surface area contributed by atoms with Crippen LogP contribution in [0.4, 0.5) is 0 Å². The average Bonchev–Trinajstić information content (AvgIpc) is 2.21. The van der Waals surface area contributed by atoms with Gasteiger partial charge in [-0.25, -0.2) is 0 Å². The van der Waals surface area contributed by atoms with Crippen molar-refractivity contribution in [2.75, 3.05) is 13.2 Å². The van der Waals surface area contributed by atoms with Gasteiger partial charge in [0.15, 0.2) is 0 Å². The van der Waals surface area contributed by atoms with E-state index in [1.54, 1.807) is 0 Å². The maximum absolute atomic E-state index is 8.69. The van der Waals surface area contributed by atoms with E-state index in [1.807, 2.05) is 0 Å². The van der Waals surface area contributed by atoms with E-state index in [0.717, 1.165) is 18.9 Å². The maximum atomic E-state index is 8.69. The molecule has 0 aromatic heterocycles. The molecule has 2 rings (SSSR count). The number of benzene rings is 1. The molecule has 0 bridgehead atoms. The number of aryl methyl sites for hydroxylation is 1. The first-order valence-electron chi connectivity index (χ1n) is 6.20. The molecule has 1 fully saturated rings. The molecule has 2 nitrogen and oxygen atoms in total. The second kappa shape index (κ2) is 5.46. The van der Waals surface area contributed by atoms with Crippen molar-refractivity contribution in [3.05, 3.63) is 35.4 Å². The summed E-state index contributed by atoms with van der Waals surface area (Å²) < 4.78 is 0. The molecule has 0 atom stereocenters. The van der Waals surface area contributed by atoms with Gasteiger partial charge < -0.3 is 10.4 Å². The van der Waals surface area contributed by atoms with E-state index in [0.29, 0.717) is 12.6 Å². The van der Waals surface area contributed by atoms with Gasteiger partial charge in [0.05, 0.1) is 0 Å². The Morgan fingerprint density at radius 1 is 1.38 bits per heavy atom. The van der Waals surface area contributed by atoms with Gasteiger partial charge in [-0.2, -0.15) is 0 Å². The first-order chi connectivity index (χ1) is 7.79. The van der Waals surface area contributed by atoms with Crippen molar-refractivity contribution in [3.63, 3.8) is 0 Å². The molecule has 2 N–H and O–H groups in total. The molecule has 88 valence electrons. The fraction of sp³-hybridized carbons (Fsp3) is 0.571. The second-order valence-corrected chi connectivity index (χ2v) is 4.81. The van der Waals surface area contributed by atoms with Crippen molar-refractivity contribution in [2.45, 2.75) is 38.1 Å². The number of aliphatic hydroxyl groups excluding tert-OH is 1. The lowest BCUT2D eigenvalue weighted by Gasteiger charge is -2.36. The van der Waals surface area contributed by atoms with Gasteiger partial charge in [0.2, 0.25) is 0 Å². The molecule has 1 aliphatic rings. The Morgan fingerprint density at radius 3 is 2.88 bits per heavy atom. The molecule has 0 spiro atoms. The standard InChI is InChI=1S/C14H21NO/c1-11-4-2-5-12(8-11)13-9-14(10-13)15-6-3-7-16/h2,4-5,8,13-16H,3,6-7,9-10H2,1H3. The van der Waals surface area contributed by atoms with Crippen LogP contribution in [0.25, 0.3) is 0 Å². The number of hydrogen-bond donors (Lipinski definition) is 2. The van der Waals surface area contributed by atoms with Crippen LogP contribution in [0.2, 0.25) is 0 Å². The summed E-state index contributed by atoms with van der Waals surface area (Å²) in [6.45, 7) is 3.39. The molecule has 0 unspecified atom stereocenters. The van der Waals surface area contributed by atoms with Gasteiger partial charge in [-0.1, -0.05) is 29.8 Å². The second-order valence-electron chi connectivity index (χ2n) is 4.81. The molecular weight excluding hydrogens is 198 g/mol. The summed E-state index contributed by atoms with van der Waals surface area (Å²) >= 11 is 0. The SMILES string of the molecule is Cc1cccc(C2CC(NCCCO)C2)c1. The minimum Gasteiger partial charge on any atom is -0.396 e. The highest BCUT2D eigenvalue weighted by Gasteiger charge is 2.29. The minimum absolute atomic E-state index is 0.293. The van der Waals surface area contributed by atoms with Crippen molar-refractivity contribution < 1.29 is 5.11 Å². The molecule has 1 aliphatic carbocycles. The summed E-state index contributed by atoms with van der Waals surface area (Å²) in [7, 11) is 0. The summed E-state index contributed by atoms with van der Waals surface area (Å²) in [5.41, 5.74) is 2.84. The van der Waals surface area contributed by atoms with Gasteiger partial charge in [-0.3, -0.25) is 0 Å². The summed E-state index contributed by atoms with van der Waals surface area (Å²) in [4.78, 5) is 0. The van der Waals surface area contributed by atoms with Crippen LogP contribution in [0.1, 0.15) is 36.3 Å². The fourth-order valence-electron chi connectivity index (χ4n) is 2.37. The molecule has 2 heteroatoms. The smallest absolute Gasteiger partial charge is 0.0443 e. The Bertz CT molecular complexity index is 331. The van der Waals surface area contributed by atoms with E-state index >= 15 is 0 Å². The Labute approximate surface area is 97.7 Å². The molecule has 1 aromatic carbocycles. The van der Waals surface area contributed by atoms with E-state index in [1.165, 1.54) is 24.0 Å². The van der Waals surface area contributed by atoms with Gasteiger partial charge in [0.1, 0.15) is 0 Å². The molecular formula is C14H21NO. The third kappa shape index (κ3) is 2.83. The highest BCUT2D eigenvalue weighted by molar-refractivity contribution is 5.27. The topological polar surface area (TPSA) is 32.3 Å². The van der Waals surface area contributed by atoms with Crippen molar-refractivity contribution >= 4 is 0 Å². The van der Waals surface area contributed by atoms with Gasteiger partial charge in [-0.05, 0) is 44.2 Å². The van der Waals surface area contributed by atoms with Crippen LogP contribution in [0.5, 0.6) is 0 Å². The Balaban J connectivity index is 1.75. The zero-order valence-corrected chi connectivity index (χ0v) is 9.95. The predicted molar refractivity (Wildman–Crippen MR) is 66.6 cm³/mol. The number of aliphatic hydroxyl groups is 1. The fourth-order valence-corrected chi connectivity index (χ4v) is 2.37. The molecule has 0 heterocycles. The van der Waals surface area contributed by atoms with Crippen LogP contribution in [0, 0.1) is 6.92 Å². The maximum Gasteiger partial charge on any atom is 0.0443 e. The van der Waals surface area contributed by atoms with Gasteiger partial charge in [-0.15, -0.1) is 0 Å². The van der Waals surface area contributed by atoms with Crippen LogP contribution >= 0.6 is 0 Å². The number of rotatable bonds is 5. The summed E-state index contributed by atoms with van der Waals surface area (Å²) in [6, 6.07) is 9.50. The zero-order valence-electron chi connectivity index (χ0n) is 9.95. The van der Waals surface area contributed by atoms with E-state index in [4.69, 9.17) is 5.11 Å². The molecule has 16 heavy (non-hydrogen) atoms. The van der Waals surface area contributed by atoms with Gasteiger partial charge >= 0.3 is 0 Å². The third-order valence-electron chi connectivity index (χ3n) is 3.42. The van der Waals surface area contributed by atoms with Crippen molar-refractivity contribution in [1.82, 2.24) is 5.32 Å².